The summed E-state index contributed by atoms with van der Waals surface area (Å²) in [6, 6.07) is 15.7. The molecule has 174 valence electrons. The number of halogens is 2. The Kier molecular flexibility index (Phi) is 6.30. The van der Waals surface area contributed by atoms with E-state index in [-0.39, 0.29) is 18.1 Å². The molecule has 0 atom stereocenters. The second-order valence-corrected chi connectivity index (χ2v) is 9.08. The molecule has 1 amide bonds. The van der Waals surface area contributed by atoms with Crippen molar-refractivity contribution >= 4 is 40.3 Å². The monoisotopic (exact) mass is 496 g/mol. The van der Waals surface area contributed by atoms with Crippen LogP contribution in [0.4, 0.5) is 0 Å². The minimum absolute atomic E-state index is 0.0458. The molecule has 4 aromatic rings. The zero-order valence-corrected chi connectivity index (χ0v) is 19.8. The van der Waals surface area contributed by atoms with Gasteiger partial charge in [-0.1, -0.05) is 29.3 Å². The smallest absolute Gasteiger partial charge is 0.327 e. The molecule has 34 heavy (non-hydrogen) atoms. The number of nitrogens with zero attached hydrogens (tertiary/aromatic N) is 3. The zero-order chi connectivity index (χ0) is 23.7. The fourth-order valence-electron chi connectivity index (χ4n) is 4.10. The number of aromatic nitrogens is 3. The van der Waals surface area contributed by atoms with Crippen molar-refractivity contribution in [1.29, 1.82) is 0 Å². The van der Waals surface area contributed by atoms with Gasteiger partial charge in [-0.3, -0.25) is 9.36 Å². The van der Waals surface area contributed by atoms with Crippen LogP contribution in [0.5, 0.6) is 11.6 Å². The highest BCUT2D eigenvalue weighted by molar-refractivity contribution is 6.42. The number of hydrogen-bond donors (Lipinski definition) is 1. The molecule has 0 aliphatic carbocycles. The van der Waals surface area contributed by atoms with Gasteiger partial charge in [0.05, 0.1) is 22.1 Å². The summed E-state index contributed by atoms with van der Waals surface area (Å²) in [6.07, 6.45) is 3.28. The number of likely N-dealkylation sites (tertiary alicyclic amines) is 1. The van der Waals surface area contributed by atoms with E-state index in [1.165, 1.54) is 11.0 Å². The Bertz CT molecular complexity index is 1410. The molecule has 0 radical (unpaired) electrons. The molecule has 1 N–H and O–H groups in total. The molecule has 7 nitrogen and oxygen atoms in total. The van der Waals surface area contributed by atoms with Gasteiger partial charge < -0.3 is 14.6 Å². The number of benzene rings is 2. The van der Waals surface area contributed by atoms with Crippen LogP contribution >= 0.6 is 23.2 Å². The maximum absolute atomic E-state index is 12.7. The Balaban J connectivity index is 1.36. The Morgan fingerprint density at radius 1 is 0.971 bits per heavy atom. The number of rotatable bonds is 5. The lowest BCUT2D eigenvalue weighted by Gasteiger charge is -2.26. The van der Waals surface area contributed by atoms with Crippen LogP contribution in [0.1, 0.15) is 35.2 Å². The van der Waals surface area contributed by atoms with Crippen molar-refractivity contribution in [3.63, 3.8) is 0 Å². The van der Waals surface area contributed by atoms with Gasteiger partial charge in [-0.15, -0.1) is 0 Å². The molecular formula is C25H22Cl2N4O3. The Hall–Kier alpha value is -3.29. The maximum atomic E-state index is 12.7. The van der Waals surface area contributed by atoms with E-state index in [9.17, 15) is 9.59 Å². The van der Waals surface area contributed by atoms with Crippen LogP contribution in [-0.4, -0.2) is 38.4 Å². The molecule has 3 heterocycles. The largest absolute Gasteiger partial charge is 0.439 e. The number of amides is 1. The van der Waals surface area contributed by atoms with Crippen molar-refractivity contribution in [1.82, 2.24) is 19.4 Å². The summed E-state index contributed by atoms with van der Waals surface area (Å²) in [5.41, 5.74) is 2.23. The third-order valence-electron chi connectivity index (χ3n) is 5.88. The highest BCUT2D eigenvalue weighted by Crippen LogP contribution is 2.25. The number of imidazole rings is 1. The first-order chi connectivity index (χ1) is 16.5. The van der Waals surface area contributed by atoms with Gasteiger partial charge in [0, 0.05) is 24.7 Å². The lowest BCUT2D eigenvalue weighted by atomic mass is 10.1. The van der Waals surface area contributed by atoms with E-state index in [1.807, 2.05) is 11.0 Å². The number of piperidine rings is 1. The van der Waals surface area contributed by atoms with Crippen LogP contribution in [0.3, 0.4) is 0 Å². The average Bonchev–Trinajstić information content (AvgIpc) is 3.16. The zero-order valence-electron chi connectivity index (χ0n) is 18.3. The van der Waals surface area contributed by atoms with Gasteiger partial charge in [0.1, 0.15) is 5.75 Å². The highest BCUT2D eigenvalue weighted by atomic mass is 35.5. The number of hydrogen-bond acceptors (Lipinski definition) is 4. The molecule has 0 unspecified atom stereocenters. The summed E-state index contributed by atoms with van der Waals surface area (Å²) in [5, 5.41) is 0.875. The number of pyridine rings is 1. The maximum Gasteiger partial charge on any atom is 0.327 e. The lowest BCUT2D eigenvalue weighted by Crippen LogP contribution is -2.35. The Morgan fingerprint density at radius 2 is 1.74 bits per heavy atom. The normalized spacial score (nSPS) is 13.9. The number of fused-ring (bicyclic) bond motifs is 1. The molecule has 0 spiro atoms. The van der Waals surface area contributed by atoms with Crippen LogP contribution in [0.2, 0.25) is 10.0 Å². The van der Waals surface area contributed by atoms with E-state index in [0.717, 1.165) is 31.5 Å². The van der Waals surface area contributed by atoms with Gasteiger partial charge in [0.2, 0.25) is 5.88 Å². The lowest BCUT2D eigenvalue weighted by molar-refractivity contribution is 0.0724. The first kappa shape index (κ1) is 22.5. The molecule has 2 aromatic heterocycles. The quantitative estimate of drug-likeness (QED) is 0.395. The summed E-state index contributed by atoms with van der Waals surface area (Å²) in [7, 11) is 0. The van der Waals surface area contributed by atoms with E-state index in [2.05, 4.69) is 9.97 Å². The first-order valence-electron chi connectivity index (χ1n) is 11.1. The van der Waals surface area contributed by atoms with Gasteiger partial charge in [0.25, 0.3) is 5.91 Å². The number of aromatic amines is 1. The SMILES string of the molecule is O=C(c1ccc(Oc2ccc3[nH]c(=O)n(Cc4ccc(Cl)c(Cl)c4)c3n2)cc1)N1CCCCC1. The van der Waals surface area contributed by atoms with E-state index in [4.69, 9.17) is 27.9 Å². The van der Waals surface area contributed by atoms with Crippen LogP contribution < -0.4 is 10.4 Å². The second kappa shape index (κ2) is 9.52. The van der Waals surface area contributed by atoms with E-state index in [0.29, 0.717) is 38.4 Å². The molecule has 1 aliphatic heterocycles. The van der Waals surface area contributed by atoms with Gasteiger partial charge in [0.15, 0.2) is 5.65 Å². The van der Waals surface area contributed by atoms with Crippen LogP contribution in [0.25, 0.3) is 11.2 Å². The molecule has 2 aromatic carbocycles. The van der Waals surface area contributed by atoms with Crippen molar-refractivity contribution in [3.05, 3.63) is 86.3 Å². The predicted octanol–water partition coefficient (Wildman–Crippen LogP) is 5.50. The minimum Gasteiger partial charge on any atom is -0.439 e. The summed E-state index contributed by atoms with van der Waals surface area (Å²) in [5.74, 6) is 0.935. The van der Waals surface area contributed by atoms with Gasteiger partial charge in [-0.05, 0) is 67.3 Å². The van der Waals surface area contributed by atoms with E-state index >= 15 is 0 Å². The number of H-pyrrole nitrogens is 1. The second-order valence-electron chi connectivity index (χ2n) is 8.26. The van der Waals surface area contributed by atoms with Crippen molar-refractivity contribution in [2.45, 2.75) is 25.8 Å². The Labute approximate surface area is 205 Å². The molecular weight excluding hydrogens is 475 g/mol. The minimum atomic E-state index is -0.286. The fourth-order valence-corrected chi connectivity index (χ4v) is 4.42. The molecule has 0 saturated carbocycles. The van der Waals surface area contributed by atoms with Crippen LogP contribution in [0, 0.1) is 0 Å². The van der Waals surface area contributed by atoms with Gasteiger partial charge in [-0.25, -0.2) is 4.79 Å². The summed E-state index contributed by atoms with van der Waals surface area (Å²) in [6.45, 7) is 1.89. The Morgan fingerprint density at radius 3 is 2.47 bits per heavy atom. The molecule has 0 bridgehead atoms. The van der Waals surface area contributed by atoms with Crippen molar-refractivity contribution in [2.24, 2.45) is 0 Å². The fraction of sp³-hybridized carbons (Fsp3) is 0.240. The number of nitrogens with one attached hydrogen (secondary N) is 1. The summed E-state index contributed by atoms with van der Waals surface area (Å²) in [4.78, 5) is 34.4. The third-order valence-corrected chi connectivity index (χ3v) is 6.62. The predicted molar refractivity (Wildman–Crippen MR) is 132 cm³/mol. The molecule has 1 aliphatic rings. The van der Waals surface area contributed by atoms with E-state index < -0.39 is 0 Å². The van der Waals surface area contributed by atoms with Crippen molar-refractivity contribution in [2.75, 3.05) is 13.1 Å². The number of carbonyl (C=O) groups excluding carboxylic acids is 1. The number of ether oxygens (including phenoxy) is 1. The first-order valence-corrected chi connectivity index (χ1v) is 11.8. The highest BCUT2D eigenvalue weighted by Gasteiger charge is 2.18. The van der Waals surface area contributed by atoms with Crippen LogP contribution in [-0.2, 0) is 6.54 Å². The van der Waals surface area contributed by atoms with Gasteiger partial charge in [-0.2, -0.15) is 4.98 Å². The topological polar surface area (TPSA) is 80.2 Å². The summed E-state index contributed by atoms with van der Waals surface area (Å²) >= 11 is 12.1. The molecule has 5 rings (SSSR count). The molecule has 1 saturated heterocycles. The molecule has 9 heteroatoms. The molecule has 1 fully saturated rings. The average molecular weight is 497 g/mol. The van der Waals surface area contributed by atoms with E-state index in [1.54, 1.807) is 48.5 Å². The van der Waals surface area contributed by atoms with Crippen LogP contribution in [0.15, 0.2) is 59.4 Å². The standard InChI is InChI=1S/C25H22Cl2N4O3/c26-19-9-4-16(14-20(19)27)15-31-23-21(28-25(31)33)10-11-22(29-23)34-18-7-5-17(6-8-18)24(32)30-12-2-1-3-13-30/h4-11,14H,1-3,12-13,15H2,(H,28,33). The summed E-state index contributed by atoms with van der Waals surface area (Å²) < 4.78 is 7.43. The van der Waals surface area contributed by atoms with Crippen molar-refractivity contribution in [3.8, 4) is 11.6 Å². The van der Waals surface area contributed by atoms with Gasteiger partial charge >= 0.3 is 5.69 Å². The van der Waals surface area contributed by atoms with Crippen molar-refractivity contribution < 1.29 is 9.53 Å². The third kappa shape index (κ3) is 4.67. The number of carbonyl (C=O) groups is 1.